The molecule has 0 spiro atoms. The van der Waals surface area contributed by atoms with Gasteiger partial charge in [-0.25, -0.2) is 0 Å². The SMILES string of the molecule is S=[C]c1ccon1. The standard InChI is InChI=1S/C4H2NOS/c7-3-4-1-2-6-5-4/h1-2H. The van der Waals surface area contributed by atoms with Crippen molar-refractivity contribution in [1.82, 2.24) is 5.16 Å². The van der Waals surface area contributed by atoms with Gasteiger partial charge in [-0.05, 0) is 0 Å². The zero-order chi connectivity index (χ0) is 5.11. The van der Waals surface area contributed by atoms with Gasteiger partial charge in [0.15, 0.2) is 0 Å². The summed E-state index contributed by atoms with van der Waals surface area (Å²) in [6.07, 6.45) is 1.45. The van der Waals surface area contributed by atoms with Crippen LogP contribution in [0, 0.1) is 0 Å². The first kappa shape index (κ1) is 4.46. The van der Waals surface area contributed by atoms with Crippen LogP contribution in [0.1, 0.15) is 5.69 Å². The first-order chi connectivity index (χ1) is 3.43. The Morgan fingerprint density at radius 2 is 2.71 bits per heavy atom. The van der Waals surface area contributed by atoms with Crippen LogP contribution in [-0.2, 0) is 0 Å². The van der Waals surface area contributed by atoms with Crippen LogP contribution in [0.3, 0.4) is 0 Å². The van der Waals surface area contributed by atoms with Crippen molar-refractivity contribution in [1.29, 1.82) is 0 Å². The monoisotopic (exact) mass is 112 g/mol. The third-order valence-corrected chi connectivity index (χ3v) is 0.752. The number of aromatic nitrogens is 1. The molecule has 7 heavy (non-hydrogen) atoms. The Morgan fingerprint density at radius 3 is 3.00 bits per heavy atom. The highest BCUT2D eigenvalue weighted by atomic mass is 32.1. The summed E-state index contributed by atoms with van der Waals surface area (Å²) in [6.45, 7) is 0. The van der Waals surface area contributed by atoms with Crippen molar-refractivity contribution in [3.63, 3.8) is 0 Å². The van der Waals surface area contributed by atoms with E-state index in [0.717, 1.165) is 0 Å². The largest absolute Gasteiger partial charge is 0.364 e. The van der Waals surface area contributed by atoms with Gasteiger partial charge in [0.2, 0.25) is 0 Å². The summed E-state index contributed by atoms with van der Waals surface area (Å²) in [4.78, 5) is 0. The predicted molar refractivity (Wildman–Crippen MR) is 28.2 cm³/mol. The van der Waals surface area contributed by atoms with E-state index in [1.807, 2.05) is 0 Å². The Hall–Kier alpha value is -0.700. The van der Waals surface area contributed by atoms with Gasteiger partial charge in [-0.15, -0.1) is 0 Å². The van der Waals surface area contributed by atoms with Gasteiger partial charge in [-0.3, -0.25) is 0 Å². The van der Waals surface area contributed by atoms with Crippen LogP contribution in [0.15, 0.2) is 16.9 Å². The fourth-order valence-corrected chi connectivity index (χ4v) is 0.370. The van der Waals surface area contributed by atoms with Crippen molar-refractivity contribution in [2.24, 2.45) is 0 Å². The van der Waals surface area contributed by atoms with E-state index in [9.17, 15) is 0 Å². The summed E-state index contributed by atoms with van der Waals surface area (Å²) in [5.74, 6) is 0. The van der Waals surface area contributed by atoms with E-state index < -0.39 is 0 Å². The summed E-state index contributed by atoms with van der Waals surface area (Å²) in [7, 11) is 0. The van der Waals surface area contributed by atoms with Crippen LogP contribution < -0.4 is 0 Å². The van der Waals surface area contributed by atoms with Crippen LogP contribution >= 0.6 is 12.2 Å². The summed E-state index contributed by atoms with van der Waals surface area (Å²) < 4.78 is 4.43. The maximum atomic E-state index is 4.43. The highest BCUT2D eigenvalue weighted by Crippen LogP contribution is 1.87. The van der Waals surface area contributed by atoms with Gasteiger partial charge in [0.05, 0.1) is 5.37 Å². The highest BCUT2D eigenvalue weighted by molar-refractivity contribution is 7.79. The van der Waals surface area contributed by atoms with E-state index >= 15 is 0 Å². The van der Waals surface area contributed by atoms with Gasteiger partial charge >= 0.3 is 0 Å². The molecule has 35 valence electrons. The molecule has 1 aromatic heterocycles. The average Bonchev–Trinajstić information content (AvgIpc) is 2.14. The van der Waals surface area contributed by atoms with Crippen LogP contribution in [0.4, 0.5) is 0 Å². The summed E-state index contributed by atoms with van der Waals surface area (Å²) >= 11 is 4.40. The Labute approximate surface area is 46.1 Å². The number of thiocarbonyl (C=S) groups is 1. The molecule has 2 nitrogen and oxygen atoms in total. The molecule has 1 rings (SSSR count). The maximum absolute atomic E-state index is 4.43. The fourth-order valence-electron chi connectivity index (χ4n) is 0.265. The lowest BCUT2D eigenvalue weighted by molar-refractivity contribution is 0.419. The van der Waals surface area contributed by atoms with E-state index in [4.69, 9.17) is 0 Å². The highest BCUT2D eigenvalue weighted by Gasteiger charge is 1.84. The Kier molecular flexibility index (Phi) is 1.17. The molecule has 0 aromatic carbocycles. The number of hydrogen-bond donors (Lipinski definition) is 0. The van der Waals surface area contributed by atoms with Crippen LogP contribution in [0.2, 0.25) is 0 Å². The first-order valence-electron chi connectivity index (χ1n) is 1.72. The van der Waals surface area contributed by atoms with E-state index in [1.165, 1.54) is 6.26 Å². The van der Waals surface area contributed by atoms with E-state index in [-0.39, 0.29) is 0 Å². The van der Waals surface area contributed by atoms with Gasteiger partial charge in [-0.1, -0.05) is 17.4 Å². The molecule has 1 heterocycles. The van der Waals surface area contributed by atoms with Crippen molar-refractivity contribution in [2.75, 3.05) is 0 Å². The minimum atomic E-state index is 0.579. The van der Waals surface area contributed by atoms with Gasteiger partial charge in [0, 0.05) is 6.07 Å². The molecule has 0 amide bonds. The quantitative estimate of drug-likeness (QED) is 0.505. The molecule has 1 aromatic rings. The molecule has 0 saturated heterocycles. The van der Waals surface area contributed by atoms with Crippen molar-refractivity contribution < 1.29 is 4.52 Å². The Morgan fingerprint density at radius 1 is 1.86 bits per heavy atom. The average molecular weight is 112 g/mol. The van der Waals surface area contributed by atoms with Crippen LogP contribution in [0.25, 0.3) is 0 Å². The van der Waals surface area contributed by atoms with E-state index in [2.05, 4.69) is 27.3 Å². The van der Waals surface area contributed by atoms with E-state index in [0.29, 0.717) is 5.69 Å². The van der Waals surface area contributed by atoms with Gasteiger partial charge < -0.3 is 4.52 Å². The molecule has 0 aliphatic heterocycles. The van der Waals surface area contributed by atoms with Crippen molar-refractivity contribution in [3.8, 4) is 0 Å². The van der Waals surface area contributed by atoms with Gasteiger partial charge in [0.25, 0.3) is 0 Å². The third kappa shape index (κ3) is 0.838. The molecular formula is C4H2NOS. The van der Waals surface area contributed by atoms with Gasteiger partial charge in [0.1, 0.15) is 12.0 Å². The second kappa shape index (κ2) is 1.84. The van der Waals surface area contributed by atoms with Crippen LogP contribution in [0.5, 0.6) is 0 Å². The topological polar surface area (TPSA) is 26.0 Å². The molecule has 0 N–H and O–H groups in total. The van der Waals surface area contributed by atoms with Crippen molar-refractivity contribution in [2.45, 2.75) is 0 Å². The normalized spacial score (nSPS) is 8.57. The predicted octanol–water partition coefficient (Wildman–Crippen LogP) is 0.899. The first-order valence-corrected chi connectivity index (χ1v) is 2.13. The zero-order valence-corrected chi connectivity index (χ0v) is 4.23. The molecular weight excluding hydrogens is 110 g/mol. The molecule has 3 heteroatoms. The Bertz CT molecular complexity index is 147. The molecule has 0 saturated carbocycles. The molecule has 0 atom stereocenters. The summed E-state index contributed by atoms with van der Waals surface area (Å²) in [6, 6.07) is 1.65. The van der Waals surface area contributed by atoms with E-state index in [1.54, 1.807) is 6.07 Å². The van der Waals surface area contributed by atoms with Crippen molar-refractivity contribution in [3.05, 3.63) is 18.0 Å². The third-order valence-electron chi connectivity index (χ3n) is 0.542. The van der Waals surface area contributed by atoms with Gasteiger partial charge in [-0.2, -0.15) is 0 Å². The molecule has 0 unspecified atom stereocenters. The lowest BCUT2D eigenvalue weighted by Gasteiger charge is -1.64. The zero-order valence-electron chi connectivity index (χ0n) is 3.42. The second-order valence-electron chi connectivity index (χ2n) is 0.987. The molecule has 0 bridgehead atoms. The second-order valence-corrected chi connectivity index (χ2v) is 1.19. The van der Waals surface area contributed by atoms with Crippen molar-refractivity contribution >= 4 is 17.6 Å². The maximum Gasteiger partial charge on any atom is 0.126 e. The number of hydrogen-bond acceptors (Lipinski definition) is 3. The molecule has 0 aliphatic rings. The summed E-state index contributed by atoms with van der Waals surface area (Å²) in [5.41, 5.74) is 0.579. The fraction of sp³-hybridized carbons (Fsp3) is 0. The molecule has 1 radical (unpaired) electrons. The number of nitrogens with zero attached hydrogens (tertiary/aromatic N) is 1. The number of rotatable bonds is 1. The smallest absolute Gasteiger partial charge is 0.126 e. The molecule has 0 aliphatic carbocycles. The minimum absolute atomic E-state index is 0.579. The molecule has 0 fully saturated rings. The Balaban J connectivity index is 2.96. The lowest BCUT2D eigenvalue weighted by atomic mass is 10.5. The van der Waals surface area contributed by atoms with Crippen LogP contribution in [-0.4, -0.2) is 10.5 Å². The lowest BCUT2D eigenvalue weighted by Crippen LogP contribution is -1.70. The minimum Gasteiger partial charge on any atom is -0.364 e. The summed E-state index contributed by atoms with van der Waals surface area (Å²) in [5, 5.41) is 5.83.